The molecular weight excluding hydrogens is 362 g/mol. The molecule has 0 aliphatic carbocycles. The van der Waals surface area contributed by atoms with Gasteiger partial charge in [-0.1, -0.05) is 58.4 Å². The number of aliphatic carboxylic acids is 1. The number of ether oxygens (including phenoxy) is 1. The van der Waals surface area contributed by atoms with Crippen molar-refractivity contribution in [3.8, 4) is 0 Å². The van der Waals surface area contributed by atoms with Gasteiger partial charge in [-0.15, -0.1) is 0 Å². The number of carboxylic acids is 1. The fourth-order valence-electron chi connectivity index (χ4n) is 2.77. The molecule has 0 bridgehead atoms. The molecule has 28 heavy (non-hydrogen) atoms. The first-order valence-corrected chi connectivity index (χ1v) is 10.3. The molecule has 0 radical (unpaired) electrons. The maximum Gasteiger partial charge on any atom is 0.327 e. The highest BCUT2D eigenvalue weighted by molar-refractivity contribution is 6.00. The third-order valence-corrected chi connectivity index (χ3v) is 4.32. The van der Waals surface area contributed by atoms with Gasteiger partial charge in [0.2, 0.25) is 11.8 Å². The van der Waals surface area contributed by atoms with Crippen LogP contribution in [0, 0.1) is 0 Å². The van der Waals surface area contributed by atoms with Crippen molar-refractivity contribution >= 4 is 23.8 Å². The Labute approximate surface area is 168 Å². The normalized spacial score (nSPS) is 12.0. The Morgan fingerprint density at radius 3 is 1.79 bits per heavy atom. The molecule has 0 aliphatic rings. The number of imide groups is 1. The largest absolute Gasteiger partial charge is 0.480 e. The van der Waals surface area contributed by atoms with Crippen LogP contribution in [0.2, 0.25) is 0 Å². The minimum Gasteiger partial charge on any atom is -0.480 e. The van der Waals surface area contributed by atoms with E-state index in [0.29, 0.717) is 12.8 Å². The van der Waals surface area contributed by atoms with E-state index in [2.05, 4.69) is 0 Å². The number of hydrogen-bond donors (Lipinski definition) is 1. The SMILES string of the molecule is C/C=C/OC(=O)CC(C(=O)O)N(C(=O)CCCCCC)C(=O)CCCCCC. The van der Waals surface area contributed by atoms with Gasteiger partial charge >= 0.3 is 11.9 Å². The molecule has 7 nitrogen and oxygen atoms in total. The van der Waals surface area contributed by atoms with E-state index in [0.717, 1.165) is 49.7 Å². The first kappa shape index (κ1) is 25.8. The molecule has 1 atom stereocenters. The summed E-state index contributed by atoms with van der Waals surface area (Å²) >= 11 is 0. The van der Waals surface area contributed by atoms with E-state index >= 15 is 0 Å². The van der Waals surface area contributed by atoms with Crippen LogP contribution in [0.1, 0.15) is 91.4 Å². The van der Waals surface area contributed by atoms with E-state index in [4.69, 9.17) is 4.74 Å². The van der Waals surface area contributed by atoms with Crippen molar-refractivity contribution in [1.29, 1.82) is 0 Å². The second-order valence-electron chi connectivity index (χ2n) is 6.80. The minimum atomic E-state index is -1.55. The molecule has 0 aliphatic heterocycles. The Bertz CT molecular complexity index is 505. The lowest BCUT2D eigenvalue weighted by molar-refractivity contribution is -0.160. The highest BCUT2D eigenvalue weighted by Gasteiger charge is 2.36. The van der Waals surface area contributed by atoms with Gasteiger partial charge < -0.3 is 9.84 Å². The van der Waals surface area contributed by atoms with Crippen LogP contribution >= 0.6 is 0 Å². The number of carbonyl (C=O) groups is 4. The number of carbonyl (C=O) groups excluding carboxylic acids is 3. The summed E-state index contributed by atoms with van der Waals surface area (Å²) in [6.07, 6.45) is 9.03. The fourth-order valence-corrected chi connectivity index (χ4v) is 2.77. The van der Waals surface area contributed by atoms with Crippen molar-refractivity contribution in [3.63, 3.8) is 0 Å². The van der Waals surface area contributed by atoms with Gasteiger partial charge in [-0.3, -0.25) is 19.3 Å². The Kier molecular flexibility index (Phi) is 14.6. The molecule has 0 spiro atoms. The van der Waals surface area contributed by atoms with Crippen LogP contribution in [0.25, 0.3) is 0 Å². The molecule has 0 rings (SSSR count). The van der Waals surface area contributed by atoms with Crippen LogP contribution in [0.4, 0.5) is 0 Å². The molecule has 0 saturated carbocycles. The average Bonchev–Trinajstić information content (AvgIpc) is 2.66. The van der Waals surface area contributed by atoms with E-state index in [9.17, 15) is 24.3 Å². The summed E-state index contributed by atoms with van der Waals surface area (Å²) in [5.74, 6) is -3.26. The van der Waals surface area contributed by atoms with Gasteiger partial charge in [-0.05, 0) is 19.8 Å². The molecule has 0 aromatic heterocycles. The standard InChI is InChI=1S/C21H35NO6/c1-4-7-9-11-13-18(23)22(19(24)14-12-10-8-5-2)17(21(26)27)16-20(25)28-15-6-3/h6,15,17H,4-5,7-14,16H2,1-3H3,(H,26,27)/b15-6+. The van der Waals surface area contributed by atoms with Crippen LogP contribution in [-0.4, -0.2) is 39.8 Å². The van der Waals surface area contributed by atoms with E-state index in [1.807, 2.05) is 13.8 Å². The molecular formula is C21H35NO6. The van der Waals surface area contributed by atoms with Gasteiger partial charge in [0, 0.05) is 12.8 Å². The molecule has 1 N–H and O–H groups in total. The summed E-state index contributed by atoms with van der Waals surface area (Å²) in [5, 5.41) is 9.56. The summed E-state index contributed by atoms with van der Waals surface area (Å²) in [7, 11) is 0. The van der Waals surface area contributed by atoms with Gasteiger partial charge in [0.05, 0.1) is 12.7 Å². The van der Waals surface area contributed by atoms with E-state index in [-0.39, 0.29) is 12.8 Å². The smallest absolute Gasteiger partial charge is 0.327 e. The highest BCUT2D eigenvalue weighted by atomic mass is 16.5. The maximum absolute atomic E-state index is 12.7. The van der Waals surface area contributed by atoms with Crippen molar-refractivity contribution in [3.05, 3.63) is 12.3 Å². The molecule has 0 aromatic rings. The van der Waals surface area contributed by atoms with Crippen LogP contribution in [0.15, 0.2) is 12.3 Å². The quantitative estimate of drug-likeness (QED) is 0.252. The average molecular weight is 398 g/mol. The molecule has 0 saturated heterocycles. The van der Waals surface area contributed by atoms with Crippen molar-refractivity contribution in [2.45, 2.75) is 97.4 Å². The van der Waals surface area contributed by atoms with Crippen LogP contribution in [-0.2, 0) is 23.9 Å². The number of amides is 2. The summed E-state index contributed by atoms with van der Waals surface area (Å²) < 4.78 is 4.78. The summed E-state index contributed by atoms with van der Waals surface area (Å²) in [5.41, 5.74) is 0. The first-order valence-electron chi connectivity index (χ1n) is 10.3. The number of carboxylic acid groups (broad SMARTS) is 1. The number of hydrogen-bond acceptors (Lipinski definition) is 5. The van der Waals surface area contributed by atoms with Crippen molar-refractivity contribution < 1.29 is 29.0 Å². The highest BCUT2D eigenvalue weighted by Crippen LogP contribution is 2.16. The molecule has 0 heterocycles. The van der Waals surface area contributed by atoms with E-state index < -0.39 is 36.2 Å². The Morgan fingerprint density at radius 2 is 1.39 bits per heavy atom. The van der Waals surface area contributed by atoms with Gasteiger partial charge in [0.15, 0.2) is 0 Å². The Hall–Kier alpha value is -2.18. The number of unbranched alkanes of at least 4 members (excludes halogenated alkanes) is 6. The van der Waals surface area contributed by atoms with Crippen LogP contribution < -0.4 is 0 Å². The molecule has 0 aromatic carbocycles. The number of esters is 1. The zero-order valence-corrected chi connectivity index (χ0v) is 17.4. The lowest BCUT2D eigenvalue weighted by atomic mass is 10.1. The molecule has 160 valence electrons. The number of allylic oxidation sites excluding steroid dienone is 1. The lowest BCUT2D eigenvalue weighted by Crippen LogP contribution is -2.49. The Balaban J connectivity index is 5.25. The molecule has 0 fully saturated rings. The molecule has 7 heteroatoms. The predicted octanol–water partition coefficient (Wildman–Crippen LogP) is 4.20. The third-order valence-electron chi connectivity index (χ3n) is 4.32. The van der Waals surface area contributed by atoms with E-state index in [1.54, 1.807) is 6.92 Å². The monoisotopic (exact) mass is 397 g/mol. The predicted molar refractivity (Wildman–Crippen MR) is 106 cm³/mol. The molecule has 2 amide bonds. The van der Waals surface area contributed by atoms with Gasteiger partial charge in [0.25, 0.3) is 0 Å². The fraction of sp³-hybridized carbons (Fsp3) is 0.714. The lowest BCUT2D eigenvalue weighted by Gasteiger charge is -2.27. The third kappa shape index (κ3) is 10.8. The number of rotatable bonds is 15. The summed E-state index contributed by atoms with van der Waals surface area (Å²) in [4.78, 5) is 49.7. The maximum atomic E-state index is 12.7. The zero-order chi connectivity index (χ0) is 21.4. The van der Waals surface area contributed by atoms with E-state index in [1.165, 1.54) is 6.08 Å². The van der Waals surface area contributed by atoms with Gasteiger partial charge in [-0.25, -0.2) is 4.79 Å². The van der Waals surface area contributed by atoms with Crippen LogP contribution in [0.3, 0.4) is 0 Å². The number of nitrogens with zero attached hydrogens (tertiary/aromatic N) is 1. The zero-order valence-electron chi connectivity index (χ0n) is 17.4. The molecule has 1 unspecified atom stereocenters. The second-order valence-corrected chi connectivity index (χ2v) is 6.80. The minimum absolute atomic E-state index is 0.0917. The van der Waals surface area contributed by atoms with Gasteiger partial charge in [0.1, 0.15) is 6.04 Å². The topological polar surface area (TPSA) is 101 Å². The first-order chi connectivity index (χ1) is 13.4. The van der Waals surface area contributed by atoms with Gasteiger partial charge in [-0.2, -0.15) is 0 Å². The Morgan fingerprint density at radius 1 is 0.893 bits per heavy atom. The van der Waals surface area contributed by atoms with Crippen molar-refractivity contribution in [1.82, 2.24) is 4.90 Å². The summed E-state index contributed by atoms with van der Waals surface area (Å²) in [6, 6.07) is -1.55. The van der Waals surface area contributed by atoms with Crippen molar-refractivity contribution in [2.75, 3.05) is 0 Å². The second kappa shape index (κ2) is 15.8. The van der Waals surface area contributed by atoms with Crippen molar-refractivity contribution in [2.24, 2.45) is 0 Å². The van der Waals surface area contributed by atoms with Crippen LogP contribution in [0.5, 0.6) is 0 Å². The summed E-state index contributed by atoms with van der Waals surface area (Å²) in [6.45, 7) is 5.74.